The van der Waals surface area contributed by atoms with E-state index in [4.69, 9.17) is 8.83 Å². The van der Waals surface area contributed by atoms with Crippen LogP contribution in [0.2, 0.25) is 0 Å². The van der Waals surface area contributed by atoms with E-state index in [1.54, 1.807) is 12.3 Å². The first-order chi connectivity index (χ1) is 13.7. The van der Waals surface area contributed by atoms with Crippen LogP contribution in [0.3, 0.4) is 0 Å². The SMILES string of the molecule is CC(Sc1nnc(-c2cccs2)o1)c1nc2scc(-c3ccco3)c2c(=O)[nH]1. The maximum atomic E-state index is 12.7. The molecule has 5 aromatic rings. The summed E-state index contributed by atoms with van der Waals surface area (Å²) in [5.41, 5.74) is 0.563. The van der Waals surface area contributed by atoms with Crippen LogP contribution in [0, 0.1) is 0 Å². The van der Waals surface area contributed by atoms with Crippen LogP contribution < -0.4 is 5.56 Å². The van der Waals surface area contributed by atoms with Crippen molar-refractivity contribution < 1.29 is 8.83 Å². The van der Waals surface area contributed by atoms with Crippen molar-refractivity contribution in [2.45, 2.75) is 17.4 Å². The predicted molar refractivity (Wildman–Crippen MR) is 110 cm³/mol. The summed E-state index contributed by atoms with van der Waals surface area (Å²) in [6.07, 6.45) is 1.59. The Bertz CT molecular complexity index is 1290. The van der Waals surface area contributed by atoms with Crippen molar-refractivity contribution in [2.75, 3.05) is 0 Å². The molecule has 0 saturated carbocycles. The zero-order valence-electron chi connectivity index (χ0n) is 14.4. The highest BCUT2D eigenvalue weighted by Crippen LogP contribution is 2.36. The van der Waals surface area contributed by atoms with E-state index in [1.807, 2.05) is 35.9 Å². The zero-order chi connectivity index (χ0) is 19.1. The Morgan fingerprint density at radius 2 is 2.14 bits per heavy atom. The van der Waals surface area contributed by atoms with Crippen molar-refractivity contribution in [3.05, 3.63) is 57.5 Å². The summed E-state index contributed by atoms with van der Waals surface area (Å²) in [5, 5.41) is 12.8. The first-order valence-corrected chi connectivity index (χ1v) is 10.9. The Hall–Kier alpha value is -2.69. The van der Waals surface area contributed by atoms with Gasteiger partial charge < -0.3 is 13.8 Å². The number of H-pyrrole nitrogens is 1. The molecule has 5 aromatic heterocycles. The molecule has 5 rings (SSSR count). The third kappa shape index (κ3) is 3.09. The lowest BCUT2D eigenvalue weighted by atomic mass is 10.2. The Balaban J connectivity index is 1.44. The lowest BCUT2D eigenvalue weighted by Crippen LogP contribution is -2.12. The molecular formula is C18H12N4O3S3. The fourth-order valence-corrected chi connectivity index (χ4v) is 5.06. The quantitative estimate of drug-likeness (QED) is 0.384. The van der Waals surface area contributed by atoms with Gasteiger partial charge in [0.05, 0.1) is 21.8 Å². The first-order valence-electron chi connectivity index (χ1n) is 8.28. The van der Waals surface area contributed by atoms with Crippen LogP contribution in [0.25, 0.3) is 32.3 Å². The van der Waals surface area contributed by atoms with E-state index in [9.17, 15) is 4.79 Å². The summed E-state index contributed by atoms with van der Waals surface area (Å²) in [6, 6.07) is 7.48. The van der Waals surface area contributed by atoms with Gasteiger partial charge in [-0.05, 0) is 30.5 Å². The number of hydrogen-bond donors (Lipinski definition) is 1. The van der Waals surface area contributed by atoms with Crippen LogP contribution in [0.4, 0.5) is 0 Å². The molecule has 0 aliphatic carbocycles. The molecule has 28 heavy (non-hydrogen) atoms. The molecule has 1 N–H and O–H groups in total. The Morgan fingerprint density at radius 3 is 2.93 bits per heavy atom. The second-order valence-electron chi connectivity index (χ2n) is 5.87. The molecular weight excluding hydrogens is 416 g/mol. The average molecular weight is 429 g/mol. The third-order valence-corrected chi connectivity index (χ3v) is 6.72. The predicted octanol–water partition coefficient (Wildman–Crippen LogP) is 5.21. The van der Waals surface area contributed by atoms with Crippen LogP contribution in [0.5, 0.6) is 0 Å². The number of nitrogens with zero attached hydrogens (tertiary/aromatic N) is 3. The molecule has 0 fully saturated rings. The smallest absolute Gasteiger partial charge is 0.277 e. The molecule has 0 aliphatic rings. The number of fused-ring (bicyclic) bond motifs is 1. The fourth-order valence-electron chi connectivity index (χ4n) is 2.74. The summed E-state index contributed by atoms with van der Waals surface area (Å²) in [7, 11) is 0. The largest absolute Gasteiger partial charge is 0.464 e. The third-order valence-electron chi connectivity index (χ3n) is 4.05. The molecule has 0 amide bonds. The molecule has 1 atom stereocenters. The highest BCUT2D eigenvalue weighted by Gasteiger charge is 2.20. The molecule has 0 aromatic carbocycles. The number of hydrogen-bond acceptors (Lipinski definition) is 9. The number of aromatic amines is 1. The lowest BCUT2D eigenvalue weighted by Gasteiger charge is -2.07. The molecule has 0 spiro atoms. The first kappa shape index (κ1) is 17.4. The van der Waals surface area contributed by atoms with Crippen LogP contribution >= 0.6 is 34.4 Å². The Kier molecular flexibility index (Phi) is 4.38. The highest BCUT2D eigenvalue weighted by atomic mass is 32.2. The van der Waals surface area contributed by atoms with Gasteiger partial charge in [-0.1, -0.05) is 17.8 Å². The number of thioether (sulfide) groups is 1. The van der Waals surface area contributed by atoms with E-state index in [2.05, 4.69) is 20.2 Å². The normalized spacial score (nSPS) is 12.6. The zero-order valence-corrected chi connectivity index (χ0v) is 16.9. The lowest BCUT2D eigenvalue weighted by molar-refractivity contribution is 0.465. The van der Waals surface area contributed by atoms with Gasteiger partial charge in [-0.25, -0.2) is 4.98 Å². The number of thiophene rings is 2. The van der Waals surface area contributed by atoms with Gasteiger partial charge in [0, 0.05) is 10.9 Å². The van der Waals surface area contributed by atoms with E-state index < -0.39 is 0 Å². The van der Waals surface area contributed by atoms with Crippen molar-refractivity contribution in [1.29, 1.82) is 0 Å². The van der Waals surface area contributed by atoms with E-state index in [0.29, 0.717) is 32.9 Å². The number of rotatable bonds is 5. The van der Waals surface area contributed by atoms with Crippen LogP contribution in [0.1, 0.15) is 18.0 Å². The minimum atomic E-state index is -0.190. The summed E-state index contributed by atoms with van der Waals surface area (Å²) in [6.45, 7) is 1.94. The van der Waals surface area contributed by atoms with Crippen molar-refractivity contribution in [1.82, 2.24) is 20.2 Å². The number of nitrogens with one attached hydrogen (secondary N) is 1. The van der Waals surface area contributed by atoms with Crippen molar-refractivity contribution in [2.24, 2.45) is 0 Å². The van der Waals surface area contributed by atoms with Gasteiger partial charge in [-0.2, -0.15) is 0 Å². The van der Waals surface area contributed by atoms with E-state index >= 15 is 0 Å². The van der Waals surface area contributed by atoms with Crippen molar-refractivity contribution >= 4 is 44.7 Å². The fraction of sp³-hybridized carbons (Fsp3) is 0.111. The van der Waals surface area contributed by atoms with Crippen molar-refractivity contribution in [3.8, 4) is 22.1 Å². The minimum Gasteiger partial charge on any atom is -0.464 e. The molecule has 5 heterocycles. The Morgan fingerprint density at radius 1 is 1.21 bits per heavy atom. The molecule has 0 aliphatic heterocycles. The van der Waals surface area contributed by atoms with Gasteiger partial charge in [0.15, 0.2) is 0 Å². The van der Waals surface area contributed by atoms with Crippen LogP contribution in [-0.4, -0.2) is 20.2 Å². The maximum Gasteiger partial charge on any atom is 0.277 e. The molecule has 0 saturated heterocycles. The van der Waals surface area contributed by atoms with Gasteiger partial charge in [0.25, 0.3) is 16.7 Å². The van der Waals surface area contributed by atoms with E-state index in [0.717, 1.165) is 10.4 Å². The summed E-state index contributed by atoms with van der Waals surface area (Å²) < 4.78 is 11.1. The number of aromatic nitrogens is 4. The van der Waals surface area contributed by atoms with Crippen LogP contribution in [-0.2, 0) is 0 Å². The topological polar surface area (TPSA) is 97.8 Å². The Labute approximate surface area is 170 Å². The summed E-state index contributed by atoms with van der Waals surface area (Å²) >= 11 is 4.31. The monoisotopic (exact) mass is 428 g/mol. The van der Waals surface area contributed by atoms with E-state index in [1.165, 1.54) is 34.4 Å². The molecule has 140 valence electrons. The standard InChI is InChI=1S/C18H12N4O3S3/c1-9(28-18-22-21-16(25-18)12-5-3-7-26-12)14-19-15(23)13-10(8-27-17(13)20-14)11-4-2-6-24-11/h2-9H,1H3,(H,19,20,23). The second kappa shape index (κ2) is 7.04. The maximum absolute atomic E-state index is 12.7. The van der Waals surface area contributed by atoms with E-state index in [-0.39, 0.29) is 10.8 Å². The molecule has 0 radical (unpaired) electrons. The van der Waals surface area contributed by atoms with Gasteiger partial charge in [-0.15, -0.1) is 32.9 Å². The average Bonchev–Trinajstić information content (AvgIpc) is 3.46. The molecule has 1 unspecified atom stereocenters. The summed E-state index contributed by atoms with van der Waals surface area (Å²) in [5.74, 6) is 1.70. The number of furan rings is 1. The molecule has 0 bridgehead atoms. The second-order valence-corrected chi connectivity index (χ2v) is 8.97. The van der Waals surface area contributed by atoms with Gasteiger partial charge in [0.2, 0.25) is 0 Å². The van der Waals surface area contributed by atoms with Gasteiger partial charge in [-0.3, -0.25) is 4.79 Å². The van der Waals surface area contributed by atoms with Gasteiger partial charge >= 0.3 is 0 Å². The minimum absolute atomic E-state index is 0.164. The van der Waals surface area contributed by atoms with Crippen LogP contribution in [0.15, 0.2) is 60.1 Å². The van der Waals surface area contributed by atoms with Crippen molar-refractivity contribution in [3.63, 3.8) is 0 Å². The molecule has 10 heteroatoms. The summed E-state index contributed by atoms with van der Waals surface area (Å²) in [4.78, 5) is 21.8. The highest BCUT2D eigenvalue weighted by molar-refractivity contribution is 7.99. The molecule has 7 nitrogen and oxygen atoms in total. The van der Waals surface area contributed by atoms with Gasteiger partial charge in [0.1, 0.15) is 16.4 Å².